The highest BCUT2D eigenvalue weighted by Crippen LogP contribution is 2.26. The summed E-state index contributed by atoms with van der Waals surface area (Å²) >= 11 is 3.29. The number of nitrogens with zero attached hydrogens (tertiary/aromatic N) is 1. The fraction of sp³-hybridized carbons (Fsp3) is 0.0909. The molecule has 0 aromatic heterocycles. The van der Waals surface area contributed by atoms with Crippen LogP contribution >= 0.6 is 15.9 Å². The summed E-state index contributed by atoms with van der Waals surface area (Å²) in [7, 11) is 1.51. The Labute approximate surface area is 185 Å². The molecule has 0 aliphatic heterocycles. The van der Waals surface area contributed by atoms with E-state index in [-0.39, 0.29) is 17.0 Å². The molecule has 158 valence electrons. The van der Waals surface area contributed by atoms with Crippen LogP contribution in [0.5, 0.6) is 17.2 Å². The molecule has 0 bridgehead atoms. The first-order valence-corrected chi connectivity index (χ1v) is 9.73. The van der Waals surface area contributed by atoms with Crippen LogP contribution in [0.25, 0.3) is 0 Å². The second-order valence-electron chi connectivity index (χ2n) is 6.23. The molecule has 0 unspecified atom stereocenters. The lowest BCUT2D eigenvalue weighted by atomic mass is 10.1. The number of nitro groups is 1. The average molecular weight is 486 g/mol. The third-order valence-corrected chi connectivity index (χ3v) is 4.80. The average Bonchev–Trinajstić information content (AvgIpc) is 2.78. The van der Waals surface area contributed by atoms with Crippen LogP contribution in [-0.4, -0.2) is 30.4 Å². The molecule has 0 saturated carbocycles. The van der Waals surface area contributed by atoms with Crippen LogP contribution in [0.15, 0.2) is 71.2 Å². The Morgan fingerprint density at radius 3 is 2.06 bits per heavy atom. The van der Waals surface area contributed by atoms with Crippen molar-refractivity contribution in [1.82, 2.24) is 0 Å². The molecule has 3 aromatic rings. The van der Waals surface area contributed by atoms with Gasteiger partial charge in [0.15, 0.2) is 12.4 Å². The summed E-state index contributed by atoms with van der Waals surface area (Å²) in [6, 6.07) is 16.6. The summed E-state index contributed by atoms with van der Waals surface area (Å²) in [6.45, 7) is -0.412. The van der Waals surface area contributed by atoms with Crippen LogP contribution in [0.4, 0.5) is 5.69 Å². The van der Waals surface area contributed by atoms with Crippen molar-refractivity contribution in [1.29, 1.82) is 0 Å². The minimum absolute atomic E-state index is 0.0372. The number of rotatable bonds is 8. The first kappa shape index (κ1) is 22.0. The zero-order valence-corrected chi connectivity index (χ0v) is 17.8. The number of halogens is 1. The van der Waals surface area contributed by atoms with Crippen molar-refractivity contribution < 1.29 is 28.7 Å². The third kappa shape index (κ3) is 5.67. The van der Waals surface area contributed by atoms with Crippen molar-refractivity contribution in [2.45, 2.75) is 0 Å². The minimum atomic E-state index is -0.630. The van der Waals surface area contributed by atoms with E-state index in [2.05, 4.69) is 15.9 Å². The van der Waals surface area contributed by atoms with Gasteiger partial charge in [-0.2, -0.15) is 0 Å². The molecule has 0 saturated heterocycles. The van der Waals surface area contributed by atoms with E-state index in [4.69, 9.17) is 14.2 Å². The Bertz CT molecular complexity index is 1110. The van der Waals surface area contributed by atoms with E-state index in [1.54, 1.807) is 42.5 Å². The summed E-state index contributed by atoms with van der Waals surface area (Å²) in [5.41, 5.74) is 0.594. The fourth-order valence-electron chi connectivity index (χ4n) is 2.57. The summed E-state index contributed by atoms with van der Waals surface area (Å²) in [6.07, 6.45) is 0. The van der Waals surface area contributed by atoms with Crippen molar-refractivity contribution in [3.05, 3.63) is 92.4 Å². The van der Waals surface area contributed by atoms with Crippen molar-refractivity contribution in [3.63, 3.8) is 0 Å². The summed E-state index contributed by atoms with van der Waals surface area (Å²) < 4.78 is 16.4. The molecule has 0 spiro atoms. The van der Waals surface area contributed by atoms with Crippen molar-refractivity contribution in [2.24, 2.45) is 0 Å². The molecular weight excluding hydrogens is 470 g/mol. The molecule has 0 radical (unpaired) electrons. The van der Waals surface area contributed by atoms with Crippen molar-refractivity contribution in [3.8, 4) is 17.2 Å². The van der Waals surface area contributed by atoms with Gasteiger partial charge in [0, 0.05) is 17.7 Å². The number of ketones is 1. The number of carbonyl (C=O) groups is 2. The lowest BCUT2D eigenvalue weighted by molar-refractivity contribution is -0.384. The fourth-order valence-corrected chi connectivity index (χ4v) is 3.11. The lowest BCUT2D eigenvalue weighted by Gasteiger charge is -2.08. The number of esters is 1. The maximum absolute atomic E-state index is 12.3. The smallest absolute Gasteiger partial charge is 0.338 e. The van der Waals surface area contributed by atoms with Gasteiger partial charge in [-0.15, -0.1) is 0 Å². The molecule has 9 heteroatoms. The van der Waals surface area contributed by atoms with Gasteiger partial charge in [0.2, 0.25) is 0 Å². The Morgan fingerprint density at radius 1 is 0.935 bits per heavy atom. The number of benzene rings is 3. The molecule has 0 aliphatic rings. The zero-order chi connectivity index (χ0) is 22.4. The summed E-state index contributed by atoms with van der Waals surface area (Å²) in [4.78, 5) is 34.7. The molecule has 0 atom stereocenters. The first-order valence-electron chi connectivity index (χ1n) is 8.93. The van der Waals surface area contributed by atoms with Gasteiger partial charge in [-0.25, -0.2) is 4.79 Å². The van der Waals surface area contributed by atoms with E-state index in [0.717, 1.165) is 0 Å². The van der Waals surface area contributed by atoms with Crippen LogP contribution < -0.4 is 9.47 Å². The van der Waals surface area contributed by atoms with E-state index in [1.165, 1.54) is 31.4 Å². The van der Waals surface area contributed by atoms with Gasteiger partial charge >= 0.3 is 5.97 Å². The van der Waals surface area contributed by atoms with Gasteiger partial charge in [0.1, 0.15) is 17.2 Å². The number of non-ortho nitro benzene ring substituents is 1. The molecule has 31 heavy (non-hydrogen) atoms. The molecular formula is C22H16BrNO7. The van der Waals surface area contributed by atoms with Gasteiger partial charge in [-0.3, -0.25) is 14.9 Å². The number of methoxy groups -OCH3 is 1. The largest absolute Gasteiger partial charge is 0.496 e. The van der Waals surface area contributed by atoms with Gasteiger partial charge in [0.25, 0.3) is 5.69 Å². The summed E-state index contributed by atoms with van der Waals surface area (Å²) in [5.74, 6) is 0.441. The van der Waals surface area contributed by atoms with Crippen LogP contribution in [0.3, 0.4) is 0 Å². The van der Waals surface area contributed by atoms with Crippen molar-refractivity contribution >= 4 is 33.4 Å². The highest BCUT2D eigenvalue weighted by atomic mass is 79.9. The van der Waals surface area contributed by atoms with E-state index < -0.39 is 17.5 Å². The maximum Gasteiger partial charge on any atom is 0.338 e. The number of hydrogen-bond donors (Lipinski definition) is 0. The molecule has 0 N–H and O–H groups in total. The highest BCUT2D eigenvalue weighted by molar-refractivity contribution is 9.10. The molecule has 0 fully saturated rings. The Kier molecular flexibility index (Phi) is 6.99. The van der Waals surface area contributed by atoms with E-state index in [0.29, 0.717) is 27.3 Å². The monoisotopic (exact) mass is 485 g/mol. The predicted octanol–water partition coefficient (Wildman–Crippen LogP) is 5.20. The first-order chi connectivity index (χ1) is 14.9. The Morgan fingerprint density at radius 2 is 1.52 bits per heavy atom. The zero-order valence-electron chi connectivity index (χ0n) is 16.2. The van der Waals surface area contributed by atoms with E-state index in [1.807, 2.05) is 0 Å². The van der Waals surface area contributed by atoms with Gasteiger partial charge in [-0.1, -0.05) is 0 Å². The Hall–Kier alpha value is -3.72. The molecule has 3 rings (SSSR count). The standard InChI is InChI=1S/C22H16BrNO7/c1-29-21-11-4-15(12-19(21)23)22(26)30-13-20(25)14-2-7-17(8-3-14)31-18-9-5-16(6-10-18)24(27)28/h2-12H,13H2,1H3. The van der Waals surface area contributed by atoms with Gasteiger partial charge in [0.05, 0.1) is 22.1 Å². The normalized spacial score (nSPS) is 10.3. The quantitative estimate of drug-likeness (QED) is 0.187. The van der Waals surface area contributed by atoms with Crippen molar-refractivity contribution in [2.75, 3.05) is 13.7 Å². The molecule has 0 aliphatic carbocycles. The van der Waals surface area contributed by atoms with Gasteiger partial charge < -0.3 is 14.2 Å². The number of ether oxygens (including phenoxy) is 3. The van der Waals surface area contributed by atoms with Crippen LogP contribution in [0.1, 0.15) is 20.7 Å². The van der Waals surface area contributed by atoms with Gasteiger partial charge in [-0.05, 0) is 70.5 Å². The SMILES string of the molecule is COc1ccc(C(=O)OCC(=O)c2ccc(Oc3ccc([N+](=O)[O-])cc3)cc2)cc1Br. The van der Waals surface area contributed by atoms with Crippen LogP contribution in [-0.2, 0) is 4.74 Å². The molecule has 0 heterocycles. The van der Waals surface area contributed by atoms with E-state index >= 15 is 0 Å². The lowest BCUT2D eigenvalue weighted by Crippen LogP contribution is -2.14. The predicted molar refractivity (Wildman–Crippen MR) is 115 cm³/mol. The number of hydrogen-bond acceptors (Lipinski definition) is 7. The molecule has 3 aromatic carbocycles. The highest BCUT2D eigenvalue weighted by Gasteiger charge is 2.14. The van der Waals surface area contributed by atoms with E-state index in [9.17, 15) is 19.7 Å². The summed E-state index contributed by atoms with van der Waals surface area (Å²) in [5, 5.41) is 10.7. The van der Waals surface area contributed by atoms with Crippen LogP contribution in [0.2, 0.25) is 0 Å². The third-order valence-electron chi connectivity index (χ3n) is 4.18. The second kappa shape index (κ2) is 9.86. The number of carbonyl (C=O) groups excluding carboxylic acids is 2. The molecule has 8 nitrogen and oxygen atoms in total. The Balaban J connectivity index is 1.56. The number of nitro benzene ring substituents is 1. The van der Waals surface area contributed by atoms with Crippen LogP contribution in [0, 0.1) is 10.1 Å². The topological polar surface area (TPSA) is 105 Å². The molecule has 0 amide bonds. The minimum Gasteiger partial charge on any atom is -0.496 e. The number of Topliss-reactive ketones (excluding diaryl/α,β-unsaturated/α-hetero) is 1. The second-order valence-corrected chi connectivity index (χ2v) is 7.08. The maximum atomic E-state index is 12.3.